The Morgan fingerprint density at radius 2 is 2.11 bits per heavy atom. The Hall–Kier alpha value is -2.00. The van der Waals surface area contributed by atoms with Gasteiger partial charge in [0, 0.05) is 27.9 Å². The molecule has 1 aromatic heterocycles. The number of rotatable bonds is 3. The first-order valence-electron chi connectivity index (χ1n) is 4.91. The molecule has 10 heteroatoms. The summed E-state index contributed by atoms with van der Waals surface area (Å²) < 4.78 is 22.1. The largest absolute Gasteiger partial charge is 0.296 e. The summed E-state index contributed by atoms with van der Waals surface area (Å²) in [4.78, 5) is 13.9. The minimum Gasteiger partial charge on any atom is -0.258 e. The van der Waals surface area contributed by atoms with Gasteiger partial charge in [-0.2, -0.15) is 10.1 Å². The van der Waals surface area contributed by atoms with Crippen molar-refractivity contribution in [3.63, 3.8) is 0 Å². The van der Waals surface area contributed by atoms with Crippen LogP contribution in [0.2, 0.25) is 0 Å². The summed E-state index contributed by atoms with van der Waals surface area (Å²) in [7, 11) is 1.08. The van der Waals surface area contributed by atoms with Crippen LogP contribution < -0.4 is 0 Å². The molecule has 0 saturated heterocycles. The smallest absolute Gasteiger partial charge is 0.258 e. The zero-order valence-corrected chi connectivity index (χ0v) is 11.1. The van der Waals surface area contributed by atoms with Gasteiger partial charge < -0.3 is 0 Å². The number of aromatic amines is 1. The van der Waals surface area contributed by atoms with Gasteiger partial charge in [0.15, 0.2) is 5.82 Å². The van der Waals surface area contributed by atoms with E-state index in [2.05, 4.69) is 15.2 Å². The van der Waals surface area contributed by atoms with Crippen molar-refractivity contribution in [3.8, 4) is 11.4 Å². The molecule has 0 spiro atoms. The first kappa shape index (κ1) is 13.4. The number of H-pyrrole nitrogens is 1. The van der Waals surface area contributed by atoms with Crippen LogP contribution in [0.3, 0.4) is 0 Å². The van der Waals surface area contributed by atoms with E-state index >= 15 is 0 Å². The fraction of sp³-hybridized carbons (Fsp3) is 0.111. The molecule has 0 aliphatic rings. The summed E-state index contributed by atoms with van der Waals surface area (Å²) in [6.45, 7) is 1.59. The van der Waals surface area contributed by atoms with Crippen molar-refractivity contribution in [2.75, 3.05) is 0 Å². The van der Waals surface area contributed by atoms with Crippen LogP contribution in [0.4, 0.5) is 5.69 Å². The normalized spacial score (nSPS) is 11.5. The maximum atomic E-state index is 11.0. The number of nitrogens with zero attached hydrogens (tertiary/aromatic N) is 3. The number of hydrogen-bond donors (Lipinski definition) is 1. The van der Waals surface area contributed by atoms with E-state index in [9.17, 15) is 18.5 Å². The molecule has 2 aromatic rings. The molecule has 1 aromatic carbocycles. The molecule has 1 heterocycles. The van der Waals surface area contributed by atoms with Crippen LogP contribution in [0.1, 0.15) is 5.56 Å². The second-order valence-electron chi connectivity index (χ2n) is 3.66. The summed E-state index contributed by atoms with van der Waals surface area (Å²) in [5.74, 6) is 0.0160. The van der Waals surface area contributed by atoms with E-state index in [4.69, 9.17) is 10.7 Å². The van der Waals surface area contributed by atoms with Gasteiger partial charge in [0.25, 0.3) is 19.9 Å². The highest BCUT2D eigenvalue weighted by atomic mass is 35.7. The lowest BCUT2D eigenvalue weighted by Gasteiger charge is -1.99. The maximum absolute atomic E-state index is 11.0. The van der Waals surface area contributed by atoms with E-state index < -0.39 is 19.1 Å². The molecule has 0 aliphatic carbocycles. The minimum absolute atomic E-state index is 0.0160. The van der Waals surface area contributed by atoms with Crippen LogP contribution in [0.5, 0.6) is 0 Å². The number of nitrogens with one attached hydrogen (secondary N) is 1. The predicted octanol–water partition coefficient (Wildman–Crippen LogP) is 1.62. The number of halogens is 1. The molecule has 100 valence electrons. The number of nitro groups is 1. The molecule has 0 aliphatic heterocycles. The lowest BCUT2D eigenvalue weighted by Crippen LogP contribution is -1.94. The highest BCUT2D eigenvalue weighted by Crippen LogP contribution is 2.25. The Morgan fingerprint density at radius 1 is 1.42 bits per heavy atom. The van der Waals surface area contributed by atoms with Crippen LogP contribution in [0.15, 0.2) is 23.4 Å². The third-order valence-electron chi connectivity index (χ3n) is 2.36. The molecular formula is C9H7ClN4O4S. The van der Waals surface area contributed by atoms with Crippen molar-refractivity contribution in [1.29, 1.82) is 0 Å². The van der Waals surface area contributed by atoms with Gasteiger partial charge in [-0.05, 0) is 6.92 Å². The van der Waals surface area contributed by atoms with Gasteiger partial charge in [0.2, 0.25) is 0 Å². The molecule has 2 rings (SSSR count). The highest BCUT2D eigenvalue weighted by molar-refractivity contribution is 8.13. The van der Waals surface area contributed by atoms with E-state index in [1.807, 2.05) is 0 Å². The quantitative estimate of drug-likeness (QED) is 0.522. The van der Waals surface area contributed by atoms with Crippen LogP contribution in [-0.2, 0) is 9.05 Å². The average Bonchev–Trinajstić information content (AvgIpc) is 2.78. The Bertz CT molecular complexity index is 755. The predicted molar refractivity (Wildman–Crippen MR) is 66.2 cm³/mol. The lowest BCUT2D eigenvalue weighted by atomic mass is 10.1. The Kier molecular flexibility index (Phi) is 3.25. The van der Waals surface area contributed by atoms with E-state index in [0.717, 1.165) is 0 Å². The van der Waals surface area contributed by atoms with Crippen LogP contribution >= 0.6 is 10.7 Å². The van der Waals surface area contributed by atoms with Crippen molar-refractivity contribution >= 4 is 25.4 Å². The summed E-state index contributed by atoms with van der Waals surface area (Å²) in [5.41, 5.74) is 0.701. The zero-order valence-electron chi connectivity index (χ0n) is 9.49. The number of aryl methyl sites for hydroxylation is 1. The first-order valence-corrected chi connectivity index (χ1v) is 7.22. The van der Waals surface area contributed by atoms with E-state index in [1.54, 1.807) is 13.0 Å². The molecule has 0 amide bonds. The van der Waals surface area contributed by atoms with Crippen molar-refractivity contribution in [2.45, 2.75) is 12.1 Å². The first-order chi connectivity index (χ1) is 8.79. The second kappa shape index (κ2) is 4.59. The molecule has 0 bridgehead atoms. The average molecular weight is 303 g/mol. The molecule has 0 radical (unpaired) electrons. The van der Waals surface area contributed by atoms with Crippen LogP contribution in [-0.4, -0.2) is 28.5 Å². The van der Waals surface area contributed by atoms with E-state index in [-0.39, 0.29) is 11.5 Å². The Labute approximate surface area is 112 Å². The van der Waals surface area contributed by atoms with Crippen molar-refractivity contribution in [3.05, 3.63) is 33.9 Å². The van der Waals surface area contributed by atoms with Gasteiger partial charge in [-0.15, -0.1) is 0 Å². The molecule has 0 atom stereocenters. The summed E-state index contributed by atoms with van der Waals surface area (Å²) >= 11 is 0. The molecule has 1 N–H and O–H groups in total. The van der Waals surface area contributed by atoms with Gasteiger partial charge in [0.1, 0.15) is 0 Å². The highest BCUT2D eigenvalue weighted by Gasteiger charge is 2.18. The second-order valence-corrected chi connectivity index (χ2v) is 6.14. The molecule has 0 saturated carbocycles. The fourth-order valence-corrected chi connectivity index (χ4v) is 1.99. The maximum Gasteiger partial charge on any atom is 0.296 e. The molecule has 0 fully saturated rings. The Balaban J connectivity index is 2.51. The van der Waals surface area contributed by atoms with Crippen LogP contribution in [0, 0.1) is 17.0 Å². The third-order valence-corrected chi connectivity index (χ3v) is 3.44. The fourth-order valence-electron chi connectivity index (χ4n) is 1.43. The number of aromatic nitrogens is 3. The van der Waals surface area contributed by atoms with Crippen molar-refractivity contribution in [1.82, 2.24) is 15.2 Å². The van der Waals surface area contributed by atoms with E-state index in [1.165, 1.54) is 12.1 Å². The van der Waals surface area contributed by atoms with Gasteiger partial charge in [0.05, 0.1) is 4.92 Å². The van der Waals surface area contributed by atoms with Gasteiger partial charge >= 0.3 is 0 Å². The summed E-state index contributed by atoms with van der Waals surface area (Å²) in [6, 6.07) is 4.35. The number of benzene rings is 1. The standard InChI is InChI=1S/C9H7ClN4O4S/c1-5-2-3-6(4-7(5)14(15)16)8-11-9(13-12-8)19(10,17)18/h2-4H,1H3,(H,11,12,13). The number of nitro benzene ring substituents is 1. The monoisotopic (exact) mass is 302 g/mol. The van der Waals surface area contributed by atoms with Gasteiger partial charge in [-0.1, -0.05) is 12.1 Å². The SMILES string of the molecule is Cc1ccc(-c2n[nH]c(S(=O)(=O)Cl)n2)cc1[N+](=O)[O-]. The van der Waals surface area contributed by atoms with Gasteiger partial charge in [-0.25, -0.2) is 13.5 Å². The lowest BCUT2D eigenvalue weighted by molar-refractivity contribution is -0.385. The molecular weight excluding hydrogens is 296 g/mol. The summed E-state index contributed by atoms with van der Waals surface area (Å²) in [5, 5.41) is 16.1. The topological polar surface area (TPSA) is 119 Å². The van der Waals surface area contributed by atoms with Crippen molar-refractivity contribution in [2.24, 2.45) is 0 Å². The molecule has 0 unspecified atom stereocenters. The van der Waals surface area contributed by atoms with Crippen LogP contribution in [0.25, 0.3) is 11.4 Å². The van der Waals surface area contributed by atoms with Crippen molar-refractivity contribution < 1.29 is 13.3 Å². The van der Waals surface area contributed by atoms with E-state index in [0.29, 0.717) is 11.1 Å². The molecule has 8 nitrogen and oxygen atoms in total. The third kappa shape index (κ3) is 2.71. The summed E-state index contributed by atoms with van der Waals surface area (Å²) in [6.07, 6.45) is 0. The Morgan fingerprint density at radius 3 is 2.63 bits per heavy atom. The zero-order chi connectivity index (χ0) is 14.2. The minimum atomic E-state index is -4.02. The molecule has 19 heavy (non-hydrogen) atoms. The van der Waals surface area contributed by atoms with Gasteiger partial charge in [-0.3, -0.25) is 10.1 Å². The number of hydrogen-bond acceptors (Lipinski definition) is 6.